The molecule has 0 aromatic carbocycles. The lowest BCUT2D eigenvalue weighted by molar-refractivity contribution is -0.554. The Morgan fingerprint density at radius 3 is 1.67 bits per heavy atom. The molecule has 0 aliphatic carbocycles. The Balaban J connectivity index is 4.87. The first-order chi connectivity index (χ1) is 9.12. The van der Waals surface area contributed by atoms with Gasteiger partial charge in [-0.1, -0.05) is 0 Å². The topological polar surface area (TPSA) is 54.0 Å². The van der Waals surface area contributed by atoms with Crippen molar-refractivity contribution in [2.45, 2.75) is 24.9 Å². The molecule has 0 aromatic heterocycles. The lowest BCUT2D eigenvalue weighted by atomic mass is 10.6. The van der Waals surface area contributed by atoms with Crippen LogP contribution in [0.15, 0.2) is 0 Å². The zero-order valence-electron chi connectivity index (χ0n) is 9.65. The summed E-state index contributed by atoms with van der Waals surface area (Å²) in [5, 5.41) is 0. The minimum atomic E-state index is -6.48. The van der Waals surface area contributed by atoms with Crippen LogP contribution in [0.4, 0.5) is 39.5 Å². The van der Waals surface area contributed by atoms with Crippen molar-refractivity contribution >= 4 is 5.97 Å². The Morgan fingerprint density at radius 2 is 1.29 bits per heavy atom. The highest BCUT2D eigenvalue weighted by Gasteiger charge is 2.68. The van der Waals surface area contributed by atoms with Gasteiger partial charge in [0.25, 0.3) is 0 Å². The molecule has 0 spiro atoms. The van der Waals surface area contributed by atoms with Gasteiger partial charge in [-0.25, -0.2) is 14.3 Å². The Labute approximate surface area is 109 Å². The molecule has 5 nitrogen and oxygen atoms in total. The second kappa shape index (κ2) is 6.23. The molecule has 0 amide bonds. The number of hydrogen-bond donors (Lipinski definition) is 0. The first-order valence-electron chi connectivity index (χ1n) is 4.43. The fourth-order valence-corrected chi connectivity index (χ4v) is 0.645. The van der Waals surface area contributed by atoms with E-state index in [0.717, 1.165) is 0 Å². The highest BCUT2D eigenvalue weighted by Crippen LogP contribution is 2.43. The first-order valence-corrected chi connectivity index (χ1v) is 4.43. The van der Waals surface area contributed by atoms with Crippen LogP contribution in [0.5, 0.6) is 0 Å². The van der Waals surface area contributed by atoms with Crippen LogP contribution in [0, 0.1) is 0 Å². The molecule has 14 heteroatoms. The van der Waals surface area contributed by atoms with Crippen LogP contribution in [0.3, 0.4) is 0 Å². The summed E-state index contributed by atoms with van der Waals surface area (Å²) in [5.74, 6) is -1.53. The number of hydrogen-bond acceptors (Lipinski definition) is 5. The van der Waals surface area contributed by atoms with Crippen LogP contribution >= 0.6 is 0 Å². The number of ether oxygens (including phenoxy) is 4. The normalized spacial score (nSPS) is 14.2. The van der Waals surface area contributed by atoms with E-state index < -0.39 is 37.5 Å². The highest BCUT2D eigenvalue weighted by molar-refractivity contribution is 5.70. The van der Waals surface area contributed by atoms with Gasteiger partial charge in [-0.05, 0) is 0 Å². The van der Waals surface area contributed by atoms with Crippen LogP contribution in [0.2, 0.25) is 0 Å². The number of carbonyl (C=O) groups is 1. The van der Waals surface area contributed by atoms with Crippen LogP contribution in [0.25, 0.3) is 0 Å². The molecule has 21 heavy (non-hydrogen) atoms. The van der Waals surface area contributed by atoms with Gasteiger partial charge >= 0.3 is 30.8 Å². The maximum absolute atomic E-state index is 12.6. The molecule has 0 radical (unpaired) electrons. The van der Waals surface area contributed by atoms with E-state index >= 15 is 0 Å². The molecule has 0 aromatic rings. The molecule has 0 fully saturated rings. The van der Waals surface area contributed by atoms with Gasteiger partial charge in [-0.3, -0.25) is 4.74 Å². The van der Waals surface area contributed by atoms with Crippen LogP contribution in [-0.4, -0.2) is 44.6 Å². The number of rotatable bonds is 7. The summed E-state index contributed by atoms with van der Waals surface area (Å²) in [5.41, 5.74) is 0. The number of methoxy groups -OCH3 is 1. The van der Waals surface area contributed by atoms with Gasteiger partial charge in [0, 0.05) is 0 Å². The maximum atomic E-state index is 12.6. The van der Waals surface area contributed by atoms with Gasteiger partial charge in [0.15, 0.2) is 6.61 Å². The molecule has 0 saturated heterocycles. The van der Waals surface area contributed by atoms with Crippen molar-refractivity contribution in [1.82, 2.24) is 0 Å². The summed E-state index contributed by atoms with van der Waals surface area (Å²) < 4.78 is 120. The quantitative estimate of drug-likeness (QED) is 0.405. The van der Waals surface area contributed by atoms with Crippen molar-refractivity contribution in [1.29, 1.82) is 0 Å². The standard InChI is InChI=1S/C7H5F9O5/c1-18-3(17)2-19-7(15,16)21-5(10,11)4(8,9)20-6(12,13)14/h2H2,1H3. The summed E-state index contributed by atoms with van der Waals surface area (Å²) in [6.07, 6.45) is -24.7. The van der Waals surface area contributed by atoms with E-state index in [0.29, 0.717) is 7.11 Å². The molecular weight excluding hydrogens is 335 g/mol. The summed E-state index contributed by atoms with van der Waals surface area (Å²) in [6, 6.07) is 0. The zero-order valence-corrected chi connectivity index (χ0v) is 9.65. The van der Waals surface area contributed by atoms with E-state index in [9.17, 15) is 44.3 Å². The van der Waals surface area contributed by atoms with Gasteiger partial charge in [0.2, 0.25) is 0 Å². The minimum Gasteiger partial charge on any atom is -0.467 e. The van der Waals surface area contributed by atoms with Crippen LogP contribution in [-0.2, 0) is 23.7 Å². The van der Waals surface area contributed by atoms with Gasteiger partial charge in [0.05, 0.1) is 7.11 Å². The minimum absolute atomic E-state index is 0.685. The van der Waals surface area contributed by atoms with E-state index in [1.165, 1.54) is 0 Å². The molecule has 0 saturated carbocycles. The van der Waals surface area contributed by atoms with E-state index in [1.54, 1.807) is 4.74 Å². The van der Waals surface area contributed by atoms with Crippen molar-refractivity contribution in [3.63, 3.8) is 0 Å². The lowest BCUT2D eigenvalue weighted by Gasteiger charge is -2.28. The average Bonchev–Trinajstić information content (AvgIpc) is 2.20. The van der Waals surface area contributed by atoms with Gasteiger partial charge < -0.3 is 4.74 Å². The van der Waals surface area contributed by atoms with E-state index in [2.05, 4.69) is 14.2 Å². The SMILES string of the molecule is COC(=O)COC(F)(F)OC(F)(F)C(F)(F)OC(F)(F)F. The lowest BCUT2D eigenvalue weighted by Crippen LogP contribution is -2.51. The third-order valence-electron chi connectivity index (χ3n) is 1.42. The predicted molar refractivity (Wildman–Crippen MR) is 41.0 cm³/mol. The van der Waals surface area contributed by atoms with Gasteiger partial charge in [-0.2, -0.15) is 17.6 Å². The zero-order chi connectivity index (χ0) is 17.1. The molecule has 0 heterocycles. The van der Waals surface area contributed by atoms with Crippen molar-refractivity contribution in [3.05, 3.63) is 0 Å². The molecule has 0 rings (SSSR count). The van der Waals surface area contributed by atoms with Crippen LogP contribution in [0.1, 0.15) is 0 Å². The fourth-order valence-electron chi connectivity index (χ4n) is 0.645. The van der Waals surface area contributed by atoms with Crippen molar-refractivity contribution in [2.24, 2.45) is 0 Å². The molecule has 126 valence electrons. The Hall–Kier alpha value is -1.28. The number of carbonyl (C=O) groups excluding carboxylic acids is 1. The Morgan fingerprint density at radius 1 is 0.857 bits per heavy atom. The maximum Gasteiger partial charge on any atom is 0.527 e. The van der Waals surface area contributed by atoms with Gasteiger partial charge in [0.1, 0.15) is 0 Å². The van der Waals surface area contributed by atoms with E-state index in [4.69, 9.17) is 0 Å². The first kappa shape index (κ1) is 19.7. The predicted octanol–water partition coefficient (Wildman–Crippen LogP) is 2.46. The third-order valence-corrected chi connectivity index (χ3v) is 1.42. The van der Waals surface area contributed by atoms with Crippen LogP contribution < -0.4 is 0 Å². The second-order valence-electron chi connectivity index (χ2n) is 3.01. The highest BCUT2D eigenvalue weighted by atomic mass is 19.4. The molecule has 0 aliphatic heterocycles. The summed E-state index contributed by atoms with van der Waals surface area (Å²) in [4.78, 5) is 10.4. The molecule has 0 aliphatic rings. The van der Waals surface area contributed by atoms with Crippen molar-refractivity contribution in [2.75, 3.05) is 13.7 Å². The fraction of sp³-hybridized carbons (Fsp3) is 0.857. The van der Waals surface area contributed by atoms with E-state index in [1.807, 2.05) is 0 Å². The van der Waals surface area contributed by atoms with Crippen molar-refractivity contribution in [3.8, 4) is 0 Å². The smallest absolute Gasteiger partial charge is 0.467 e. The largest absolute Gasteiger partial charge is 0.527 e. The second-order valence-corrected chi connectivity index (χ2v) is 3.01. The number of halogens is 9. The van der Waals surface area contributed by atoms with Gasteiger partial charge in [-0.15, -0.1) is 22.0 Å². The third kappa shape index (κ3) is 6.81. The number of alkyl halides is 9. The molecule has 0 N–H and O–H groups in total. The summed E-state index contributed by atoms with van der Waals surface area (Å²) >= 11 is 0. The van der Waals surface area contributed by atoms with Crippen molar-refractivity contribution < 1.29 is 63.3 Å². The Bertz CT molecular complexity index is 366. The number of esters is 1. The Kier molecular flexibility index (Phi) is 5.85. The average molecular weight is 340 g/mol. The summed E-state index contributed by atoms with van der Waals surface area (Å²) in [7, 11) is 0.685. The molecule has 0 bridgehead atoms. The molecule has 0 unspecified atom stereocenters. The summed E-state index contributed by atoms with van der Waals surface area (Å²) in [6.45, 7) is -1.70. The molecule has 0 atom stereocenters. The van der Waals surface area contributed by atoms with E-state index in [-0.39, 0.29) is 0 Å². The molecular formula is C7H5F9O5. The monoisotopic (exact) mass is 340 g/mol.